The summed E-state index contributed by atoms with van der Waals surface area (Å²) >= 11 is 0. The molecule has 6 atom stereocenters. The summed E-state index contributed by atoms with van der Waals surface area (Å²) in [5.74, 6) is 5.35. The number of hydrogen-bond acceptors (Lipinski definition) is 0. The molecule has 0 fully saturated rings. The van der Waals surface area contributed by atoms with Crippen LogP contribution < -0.4 is 0 Å². The molecule has 0 aromatic rings. The monoisotopic (exact) mass is 340 g/mol. The van der Waals surface area contributed by atoms with E-state index >= 15 is 0 Å². The van der Waals surface area contributed by atoms with Crippen LogP contribution in [0.3, 0.4) is 0 Å². The second-order valence-electron chi connectivity index (χ2n) is 9.17. The molecule has 0 bridgehead atoms. The largest absolute Gasteiger partial charge is 0.0843 e. The second-order valence-corrected chi connectivity index (χ2v) is 9.17. The number of rotatable bonds is 5. The zero-order chi connectivity index (χ0) is 18.4. The number of allylic oxidation sites excluding steroid dienone is 8. The summed E-state index contributed by atoms with van der Waals surface area (Å²) in [7, 11) is 0. The van der Waals surface area contributed by atoms with Crippen molar-refractivity contribution in [1.82, 2.24) is 0 Å². The highest BCUT2D eigenvalue weighted by molar-refractivity contribution is 5.19. The molecule has 0 amide bonds. The van der Waals surface area contributed by atoms with Gasteiger partial charge in [-0.25, -0.2) is 0 Å². The Morgan fingerprint density at radius 2 is 1.68 bits per heavy atom. The first-order valence-electron chi connectivity index (χ1n) is 10.6. The molecule has 0 nitrogen and oxygen atoms in total. The van der Waals surface area contributed by atoms with Gasteiger partial charge in [-0.3, -0.25) is 0 Å². The molecular weight excluding hydrogens is 300 g/mol. The van der Waals surface area contributed by atoms with E-state index in [1.807, 2.05) is 0 Å². The second kappa shape index (κ2) is 9.60. The smallest absolute Gasteiger partial charge is 0.0176 e. The zero-order valence-corrected chi connectivity index (χ0v) is 17.4. The highest BCUT2D eigenvalue weighted by Crippen LogP contribution is 2.38. The van der Waals surface area contributed by atoms with Gasteiger partial charge < -0.3 is 0 Å². The highest BCUT2D eigenvalue weighted by atomic mass is 14.3. The standard InChI is InChI=1S/C25H40/c1-18-13-14-19(2)16-25(21(4)15-18)22(5)17-20(3)23(6)24-11-9-7-8-10-12-24/h7-10,13-14,16,18,20-25H,11-12,15,17H2,1-6H3. The molecular formula is C25H40. The van der Waals surface area contributed by atoms with Crippen LogP contribution in [0.2, 0.25) is 0 Å². The average Bonchev–Trinajstić information content (AvgIpc) is 2.85. The van der Waals surface area contributed by atoms with Crippen molar-refractivity contribution in [1.29, 1.82) is 0 Å². The van der Waals surface area contributed by atoms with E-state index < -0.39 is 0 Å². The normalized spacial score (nSPS) is 31.6. The van der Waals surface area contributed by atoms with Crippen LogP contribution >= 0.6 is 0 Å². The Morgan fingerprint density at radius 3 is 2.32 bits per heavy atom. The van der Waals surface area contributed by atoms with E-state index in [-0.39, 0.29) is 0 Å². The first-order chi connectivity index (χ1) is 11.9. The van der Waals surface area contributed by atoms with Gasteiger partial charge in [0.25, 0.3) is 0 Å². The van der Waals surface area contributed by atoms with Gasteiger partial charge in [-0.05, 0) is 74.0 Å². The van der Waals surface area contributed by atoms with E-state index in [0.717, 1.165) is 35.5 Å². The van der Waals surface area contributed by atoms with Crippen LogP contribution in [-0.2, 0) is 0 Å². The lowest BCUT2D eigenvalue weighted by Gasteiger charge is -2.34. The molecule has 2 aliphatic carbocycles. The van der Waals surface area contributed by atoms with E-state index in [1.165, 1.54) is 31.3 Å². The third-order valence-electron chi connectivity index (χ3n) is 6.85. The molecule has 0 saturated heterocycles. The minimum absolute atomic E-state index is 0.703. The van der Waals surface area contributed by atoms with E-state index in [1.54, 1.807) is 0 Å². The predicted molar refractivity (Wildman–Crippen MR) is 112 cm³/mol. The molecule has 0 aromatic heterocycles. The molecule has 0 heterocycles. The zero-order valence-electron chi connectivity index (χ0n) is 17.4. The Morgan fingerprint density at radius 1 is 1.04 bits per heavy atom. The van der Waals surface area contributed by atoms with Crippen molar-refractivity contribution in [3.05, 3.63) is 48.1 Å². The van der Waals surface area contributed by atoms with Crippen LogP contribution in [0.4, 0.5) is 0 Å². The minimum Gasteiger partial charge on any atom is -0.0843 e. The van der Waals surface area contributed by atoms with Crippen molar-refractivity contribution in [2.24, 2.45) is 41.4 Å². The van der Waals surface area contributed by atoms with Gasteiger partial charge in [-0.2, -0.15) is 0 Å². The van der Waals surface area contributed by atoms with Crippen molar-refractivity contribution in [3.8, 4) is 0 Å². The van der Waals surface area contributed by atoms with Gasteiger partial charge in [0.15, 0.2) is 0 Å². The van der Waals surface area contributed by atoms with E-state index in [2.05, 4.69) is 84.1 Å². The molecule has 0 heteroatoms. The van der Waals surface area contributed by atoms with Crippen molar-refractivity contribution in [2.45, 2.75) is 67.2 Å². The predicted octanol–water partition coefficient (Wildman–Crippen LogP) is 7.60. The van der Waals surface area contributed by atoms with Crippen LogP contribution in [0.1, 0.15) is 67.2 Å². The van der Waals surface area contributed by atoms with Gasteiger partial charge in [0.2, 0.25) is 0 Å². The maximum atomic E-state index is 2.56. The Kier molecular flexibility index (Phi) is 7.79. The fourth-order valence-electron chi connectivity index (χ4n) is 5.00. The van der Waals surface area contributed by atoms with Gasteiger partial charge in [0, 0.05) is 0 Å². The summed E-state index contributed by atoms with van der Waals surface area (Å²) in [6.07, 6.45) is 21.6. The van der Waals surface area contributed by atoms with Crippen molar-refractivity contribution in [2.75, 3.05) is 0 Å². The SMILES string of the molecule is CC1=CC(C(C)CC(C)C(C)C2CC=CC=CC2)C(C)CC(C)C=C1. The van der Waals surface area contributed by atoms with Crippen LogP contribution in [-0.4, -0.2) is 0 Å². The molecule has 0 spiro atoms. The van der Waals surface area contributed by atoms with Crippen molar-refractivity contribution < 1.29 is 0 Å². The first kappa shape index (κ1) is 20.3. The Balaban J connectivity index is 2.01. The summed E-state index contributed by atoms with van der Waals surface area (Å²) in [6, 6.07) is 0. The van der Waals surface area contributed by atoms with E-state index in [4.69, 9.17) is 0 Å². The lowest BCUT2D eigenvalue weighted by molar-refractivity contribution is 0.188. The van der Waals surface area contributed by atoms with Crippen LogP contribution in [0.15, 0.2) is 48.1 Å². The third kappa shape index (κ3) is 6.01. The van der Waals surface area contributed by atoms with Gasteiger partial charge in [-0.1, -0.05) is 82.7 Å². The molecule has 2 aliphatic rings. The maximum absolute atomic E-state index is 2.56. The molecule has 0 N–H and O–H groups in total. The molecule has 0 radical (unpaired) electrons. The molecule has 140 valence electrons. The summed E-state index contributed by atoms with van der Waals surface area (Å²) < 4.78 is 0. The molecule has 0 aliphatic heterocycles. The van der Waals surface area contributed by atoms with E-state index in [9.17, 15) is 0 Å². The van der Waals surface area contributed by atoms with Crippen molar-refractivity contribution in [3.63, 3.8) is 0 Å². The third-order valence-corrected chi connectivity index (χ3v) is 6.85. The summed E-state index contributed by atoms with van der Waals surface area (Å²) in [6.45, 7) is 14.6. The lowest BCUT2D eigenvalue weighted by Crippen LogP contribution is -2.26. The summed E-state index contributed by atoms with van der Waals surface area (Å²) in [5.41, 5.74) is 1.45. The maximum Gasteiger partial charge on any atom is -0.0176 e. The summed E-state index contributed by atoms with van der Waals surface area (Å²) in [5, 5.41) is 0. The van der Waals surface area contributed by atoms with E-state index in [0.29, 0.717) is 5.92 Å². The van der Waals surface area contributed by atoms with Crippen molar-refractivity contribution >= 4 is 0 Å². The topological polar surface area (TPSA) is 0 Å². The first-order valence-corrected chi connectivity index (χ1v) is 10.6. The fraction of sp³-hybridized carbons (Fsp3) is 0.680. The van der Waals surface area contributed by atoms with Crippen LogP contribution in [0.25, 0.3) is 0 Å². The van der Waals surface area contributed by atoms with Gasteiger partial charge in [-0.15, -0.1) is 0 Å². The Bertz CT molecular complexity index is 504. The van der Waals surface area contributed by atoms with Crippen LogP contribution in [0, 0.1) is 41.4 Å². The van der Waals surface area contributed by atoms with Crippen LogP contribution in [0.5, 0.6) is 0 Å². The molecule has 25 heavy (non-hydrogen) atoms. The average molecular weight is 341 g/mol. The molecule has 2 rings (SSSR count). The van der Waals surface area contributed by atoms with Gasteiger partial charge >= 0.3 is 0 Å². The molecule has 6 unspecified atom stereocenters. The molecule has 0 saturated carbocycles. The van der Waals surface area contributed by atoms with Gasteiger partial charge in [0.05, 0.1) is 0 Å². The Labute approximate surface area is 157 Å². The Hall–Kier alpha value is -1.04. The van der Waals surface area contributed by atoms with Gasteiger partial charge in [0.1, 0.15) is 0 Å². The number of hydrogen-bond donors (Lipinski definition) is 0. The quantitative estimate of drug-likeness (QED) is 0.483. The fourth-order valence-corrected chi connectivity index (χ4v) is 5.00. The lowest BCUT2D eigenvalue weighted by atomic mass is 9.71. The highest BCUT2D eigenvalue weighted by Gasteiger charge is 2.28. The molecule has 0 aromatic carbocycles. The summed E-state index contributed by atoms with van der Waals surface area (Å²) in [4.78, 5) is 0. The minimum atomic E-state index is 0.703.